The van der Waals surface area contributed by atoms with E-state index in [9.17, 15) is 5.11 Å². The third-order valence-electron chi connectivity index (χ3n) is 2.48. The molecule has 1 fully saturated rings. The Bertz CT molecular complexity index is 263. The third-order valence-corrected chi connectivity index (χ3v) is 2.48. The molecule has 1 aliphatic rings. The molecule has 2 rings (SSSR count). The Morgan fingerprint density at radius 3 is 2.92 bits per heavy atom. The van der Waals surface area contributed by atoms with Gasteiger partial charge in [-0.1, -0.05) is 6.07 Å². The molecule has 2 atom stereocenters. The minimum atomic E-state index is -0.206. The third kappa shape index (κ3) is 1.98. The van der Waals surface area contributed by atoms with Crippen LogP contribution in [0.2, 0.25) is 0 Å². The molecule has 2 unspecified atom stereocenters. The molecule has 0 spiro atoms. The fraction of sp³-hybridized carbons (Fsp3) is 0.500. The highest BCUT2D eigenvalue weighted by Crippen LogP contribution is 2.21. The maximum absolute atomic E-state index is 9.56. The lowest BCUT2D eigenvalue weighted by molar-refractivity contribution is 0.171. The van der Waals surface area contributed by atoms with Crippen LogP contribution in [0.25, 0.3) is 0 Å². The summed E-state index contributed by atoms with van der Waals surface area (Å²) in [5.41, 5.74) is 0. The van der Waals surface area contributed by atoms with E-state index in [2.05, 4.69) is 10.3 Å². The first-order valence-corrected chi connectivity index (χ1v) is 4.72. The van der Waals surface area contributed by atoms with Crippen molar-refractivity contribution in [3.05, 3.63) is 24.4 Å². The Morgan fingerprint density at radius 1 is 1.38 bits per heavy atom. The second kappa shape index (κ2) is 3.75. The van der Waals surface area contributed by atoms with Gasteiger partial charge in [0.2, 0.25) is 0 Å². The van der Waals surface area contributed by atoms with Gasteiger partial charge in [0.1, 0.15) is 5.82 Å². The number of rotatable bonds is 2. The van der Waals surface area contributed by atoms with Gasteiger partial charge in [0, 0.05) is 6.20 Å². The summed E-state index contributed by atoms with van der Waals surface area (Å²) < 4.78 is 0. The Hall–Kier alpha value is -1.09. The Balaban J connectivity index is 1.98. The van der Waals surface area contributed by atoms with Crippen molar-refractivity contribution in [2.24, 2.45) is 0 Å². The van der Waals surface area contributed by atoms with Gasteiger partial charge in [0.05, 0.1) is 12.1 Å². The van der Waals surface area contributed by atoms with Crippen molar-refractivity contribution in [1.82, 2.24) is 4.98 Å². The van der Waals surface area contributed by atoms with Gasteiger partial charge in [-0.3, -0.25) is 0 Å². The highest BCUT2D eigenvalue weighted by Gasteiger charge is 2.24. The summed E-state index contributed by atoms with van der Waals surface area (Å²) in [6.07, 6.45) is 4.60. The van der Waals surface area contributed by atoms with Crippen LogP contribution in [-0.2, 0) is 0 Å². The largest absolute Gasteiger partial charge is 0.391 e. The predicted octanol–water partition coefficient (Wildman–Crippen LogP) is 1.41. The van der Waals surface area contributed by atoms with E-state index in [4.69, 9.17) is 0 Å². The smallest absolute Gasteiger partial charge is 0.126 e. The summed E-state index contributed by atoms with van der Waals surface area (Å²) in [6.45, 7) is 0. The summed E-state index contributed by atoms with van der Waals surface area (Å²) in [7, 11) is 0. The van der Waals surface area contributed by atoms with Gasteiger partial charge in [-0.15, -0.1) is 0 Å². The lowest BCUT2D eigenvalue weighted by atomic mass is 10.2. The molecular weight excluding hydrogens is 164 g/mol. The van der Waals surface area contributed by atoms with Crippen LogP contribution in [0.15, 0.2) is 24.4 Å². The molecule has 3 heteroatoms. The van der Waals surface area contributed by atoms with Crippen molar-refractivity contribution < 1.29 is 5.11 Å². The summed E-state index contributed by atoms with van der Waals surface area (Å²) in [6, 6.07) is 5.94. The minimum absolute atomic E-state index is 0.190. The molecule has 1 saturated carbocycles. The molecule has 70 valence electrons. The average molecular weight is 178 g/mol. The molecule has 0 aromatic carbocycles. The maximum atomic E-state index is 9.56. The number of nitrogens with one attached hydrogen (secondary N) is 1. The molecule has 1 aromatic rings. The Kier molecular flexibility index (Phi) is 2.45. The molecule has 3 nitrogen and oxygen atoms in total. The number of nitrogens with zero attached hydrogens (tertiary/aromatic N) is 1. The Morgan fingerprint density at radius 2 is 2.31 bits per heavy atom. The van der Waals surface area contributed by atoms with Crippen LogP contribution in [0.4, 0.5) is 5.82 Å². The zero-order valence-corrected chi connectivity index (χ0v) is 7.48. The lowest BCUT2D eigenvalue weighted by Gasteiger charge is -2.16. The van der Waals surface area contributed by atoms with E-state index >= 15 is 0 Å². The number of aromatic nitrogens is 1. The Labute approximate surface area is 77.8 Å². The van der Waals surface area contributed by atoms with Gasteiger partial charge in [-0.25, -0.2) is 4.98 Å². The van der Waals surface area contributed by atoms with Crippen molar-refractivity contribution in [2.75, 3.05) is 5.32 Å². The fourth-order valence-electron chi connectivity index (χ4n) is 1.75. The van der Waals surface area contributed by atoms with E-state index < -0.39 is 0 Å². The SMILES string of the molecule is OC1CCCC1Nc1ccccn1. The zero-order chi connectivity index (χ0) is 9.10. The second-order valence-electron chi connectivity index (χ2n) is 3.46. The van der Waals surface area contributed by atoms with Crippen LogP contribution in [0.1, 0.15) is 19.3 Å². The predicted molar refractivity (Wildman–Crippen MR) is 51.5 cm³/mol. The summed E-state index contributed by atoms with van der Waals surface area (Å²) in [5.74, 6) is 0.855. The van der Waals surface area contributed by atoms with Crippen molar-refractivity contribution in [1.29, 1.82) is 0 Å². The number of hydrogen-bond donors (Lipinski definition) is 2. The molecule has 0 aliphatic heterocycles. The molecule has 0 bridgehead atoms. The number of aliphatic hydroxyl groups excluding tert-OH is 1. The van der Waals surface area contributed by atoms with E-state index in [1.165, 1.54) is 0 Å². The molecule has 1 aromatic heterocycles. The van der Waals surface area contributed by atoms with E-state index in [0.717, 1.165) is 25.1 Å². The summed E-state index contributed by atoms with van der Waals surface area (Å²) in [4.78, 5) is 4.15. The molecule has 13 heavy (non-hydrogen) atoms. The van der Waals surface area contributed by atoms with Crippen molar-refractivity contribution in [3.8, 4) is 0 Å². The molecular formula is C10H14N2O. The first-order valence-electron chi connectivity index (χ1n) is 4.72. The van der Waals surface area contributed by atoms with Gasteiger partial charge in [0.15, 0.2) is 0 Å². The van der Waals surface area contributed by atoms with Crippen LogP contribution in [0.3, 0.4) is 0 Å². The molecule has 0 radical (unpaired) electrons. The van der Waals surface area contributed by atoms with Crippen molar-refractivity contribution >= 4 is 5.82 Å². The molecule has 1 aliphatic carbocycles. The fourth-order valence-corrected chi connectivity index (χ4v) is 1.75. The van der Waals surface area contributed by atoms with E-state index in [-0.39, 0.29) is 12.1 Å². The second-order valence-corrected chi connectivity index (χ2v) is 3.46. The van der Waals surface area contributed by atoms with Crippen LogP contribution < -0.4 is 5.32 Å². The van der Waals surface area contributed by atoms with E-state index in [1.54, 1.807) is 6.20 Å². The number of anilines is 1. The quantitative estimate of drug-likeness (QED) is 0.719. The van der Waals surface area contributed by atoms with E-state index in [1.807, 2.05) is 18.2 Å². The zero-order valence-electron chi connectivity index (χ0n) is 7.48. The molecule has 1 heterocycles. The molecule has 0 saturated heterocycles. The standard InChI is InChI=1S/C10H14N2O/c13-9-5-3-4-8(9)12-10-6-1-2-7-11-10/h1-2,6-9,13H,3-5H2,(H,11,12). The highest BCUT2D eigenvalue weighted by molar-refractivity contribution is 5.35. The highest BCUT2D eigenvalue weighted by atomic mass is 16.3. The van der Waals surface area contributed by atoms with Gasteiger partial charge in [0.25, 0.3) is 0 Å². The van der Waals surface area contributed by atoms with E-state index in [0.29, 0.717) is 0 Å². The van der Waals surface area contributed by atoms with Crippen molar-refractivity contribution in [2.45, 2.75) is 31.4 Å². The normalized spacial score (nSPS) is 27.5. The van der Waals surface area contributed by atoms with Crippen molar-refractivity contribution in [3.63, 3.8) is 0 Å². The summed E-state index contributed by atoms with van der Waals surface area (Å²) >= 11 is 0. The topological polar surface area (TPSA) is 45.1 Å². The van der Waals surface area contributed by atoms with Crippen LogP contribution in [0, 0.1) is 0 Å². The first-order chi connectivity index (χ1) is 6.36. The monoisotopic (exact) mass is 178 g/mol. The number of aliphatic hydroxyl groups is 1. The summed E-state index contributed by atoms with van der Waals surface area (Å²) in [5, 5.41) is 12.8. The van der Waals surface area contributed by atoms with Gasteiger partial charge in [-0.05, 0) is 31.4 Å². The maximum Gasteiger partial charge on any atom is 0.126 e. The number of pyridine rings is 1. The minimum Gasteiger partial charge on any atom is -0.391 e. The van der Waals surface area contributed by atoms with Crippen LogP contribution in [-0.4, -0.2) is 22.2 Å². The van der Waals surface area contributed by atoms with Gasteiger partial charge >= 0.3 is 0 Å². The van der Waals surface area contributed by atoms with Gasteiger partial charge in [-0.2, -0.15) is 0 Å². The molecule has 0 amide bonds. The first kappa shape index (κ1) is 8.51. The molecule has 2 N–H and O–H groups in total. The van der Waals surface area contributed by atoms with Crippen LogP contribution >= 0.6 is 0 Å². The lowest BCUT2D eigenvalue weighted by Crippen LogP contribution is -2.28. The van der Waals surface area contributed by atoms with Gasteiger partial charge < -0.3 is 10.4 Å². The average Bonchev–Trinajstić information content (AvgIpc) is 2.54. The number of hydrogen-bond acceptors (Lipinski definition) is 3. The van der Waals surface area contributed by atoms with Crippen LogP contribution in [0.5, 0.6) is 0 Å².